The fourth-order valence-electron chi connectivity index (χ4n) is 4.30. The number of esters is 1. The number of fused-ring (bicyclic) bond motifs is 3. The minimum Gasteiger partial charge on any atom is -0.465 e. The van der Waals surface area contributed by atoms with E-state index in [-0.39, 0.29) is 5.92 Å². The molecule has 26 heavy (non-hydrogen) atoms. The van der Waals surface area contributed by atoms with Gasteiger partial charge in [-0.3, -0.25) is 0 Å². The summed E-state index contributed by atoms with van der Waals surface area (Å²) in [5.74, 6) is -2.32. The van der Waals surface area contributed by atoms with Crippen LogP contribution in [0.2, 0.25) is 0 Å². The Bertz CT molecular complexity index is 616. The Morgan fingerprint density at radius 3 is 2.31 bits per heavy atom. The van der Waals surface area contributed by atoms with E-state index in [0.717, 1.165) is 30.8 Å². The van der Waals surface area contributed by atoms with E-state index >= 15 is 0 Å². The van der Waals surface area contributed by atoms with Gasteiger partial charge in [-0.2, -0.15) is 0 Å². The first-order chi connectivity index (χ1) is 12.5. The molecule has 3 aliphatic heterocycles. The molecule has 144 valence electrons. The maximum atomic E-state index is 12.5. The van der Waals surface area contributed by atoms with Crippen LogP contribution in [0.15, 0.2) is 35.2 Å². The van der Waals surface area contributed by atoms with E-state index in [2.05, 4.69) is 4.90 Å². The molecular formula is C19H27NO5S. The molecule has 6 nitrogen and oxygen atoms in total. The molecule has 0 amide bonds. The van der Waals surface area contributed by atoms with Crippen LogP contribution in [0.1, 0.15) is 12.8 Å². The van der Waals surface area contributed by atoms with Crippen molar-refractivity contribution < 1.29 is 24.1 Å². The van der Waals surface area contributed by atoms with Gasteiger partial charge in [0.2, 0.25) is 0 Å². The third kappa shape index (κ3) is 3.16. The summed E-state index contributed by atoms with van der Waals surface area (Å²) in [7, 11) is 4.01. The number of thioether (sulfide) groups is 1. The van der Waals surface area contributed by atoms with Gasteiger partial charge in [0.15, 0.2) is 0 Å². The Balaban J connectivity index is 2.04. The van der Waals surface area contributed by atoms with Crippen molar-refractivity contribution >= 4 is 17.7 Å². The highest BCUT2D eigenvalue weighted by atomic mass is 32.2. The van der Waals surface area contributed by atoms with Gasteiger partial charge in [-0.25, -0.2) is 4.79 Å². The number of hydrogen-bond acceptors (Lipinski definition) is 7. The van der Waals surface area contributed by atoms with E-state index in [1.807, 2.05) is 30.3 Å². The van der Waals surface area contributed by atoms with Gasteiger partial charge in [0.05, 0.1) is 11.9 Å². The summed E-state index contributed by atoms with van der Waals surface area (Å²) >= 11 is 1.61. The van der Waals surface area contributed by atoms with E-state index < -0.39 is 22.6 Å². The van der Waals surface area contributed by atoms with Gasteiger partial charge in [-0.05, 0) is 44.0 Å². The van der Waals surface area contributed by atoms with E-state index in [1.54, 1.807) is 11.8 Å². The van der Waals surface area contributed by atoms with E-state index in [9.17, 15) is 9.90 Å². The van der Waals surface area contributed by atoms with Crippen LogP contribution >= 0.6 is 11.8 Å². The summed E-state index contributed by atoms with van der Waals surface area (Å²) in [4.78, 5) is 15.9. The lowest BCUT2D eigenvalue weighted by atomic mass is 9.73. The van der Waals surface area contributed by atoms with Gasteiger partial charge in [0.1, 0.15) is 6.10 Å². The Kier molecular flexibility index (Phi) is 5.94. The molecule has 3 heterocycles. The number of aliphatic hydroxyl groups is 1. The molecule has 0 aromatic heterocycles. The van der Waals surface area contributed by atoms with Crippen LogP contribution in [0.3, 0.4) is 0 Å². The summed E-state index contributed by atoms with van der Waals surface area (Å²) in [6.07, 6.45) is 0.763. The van der Waals surface area contributed by atoms with Gasteiger partial charge in [-0.15, -0.1) is 11.8 Å². The predicted octanol–water partition coefficient (Wildman–Crippen LogP) is 1.77. The van der Waals surface area contributed by atoms with Gasteiger partial charge >= 0.3 is 5.97 Å². The summed E-state index contributed by atoms with van der Waals surface area (Å²) < 4.78 is 15.2. The van der Waals surface area contributed by atoms with Crippen LogP contribution in [0, 0.1) is 5.92 Å². The topological polar surface area (TPSA) is 68.2 Å². The number of hydrogen-bond donors (Lipinski definition) is 1. The van der Waals surface area contributed by atoms with Crippen molar-refractivity contribution in [2.45, 2.75) is 34.4 Å². The van der Waals surface area contributed by atoms with Crippen LogP contribution < -0.4 is 0 Å². The lowest BCUT2D eigenvalue weighted by molar-refractivity contribution is -0.272. The molecule has 1 aromatic rings. The standard InChI is InChI=1S/C19H27NO5S/c1-23-17(22)19(24-2,25-3)16(21)18(26-15-7-5-4-6-8-15)13-20-11-9-14(18)10-12-20/h4-8,14,16,21H,9-13H2,1-3H3. The highest BCUT2D eigenvalue weighted by Gasteiger charge is 2.62. The van der Waals surface area contributed by atoms with Gasteiger partial charge in [0, 0.05) is 25.7 Å². The molecule has 3 aliphatic rings. The lowest BCUT2D eigenvalue weighted by Gasteiger charge is -2.56. The number of carbonyl (C=O) groups excluding carboxylic acids is 1. The Morgan fingerprint density at radius 1 is 1.23 bits per heavy atom. The molecule has 4 rings (SSSR count). The van der Waals surface area contributed by atoms with Crippen LogP contribution in [0.4, 0.5) is 0 Å². The molecule has 3 saturated heterocycles. The van der Waals surface area contributed by atoms with Crippen molar-refractivity contribution in [3.8, 4) is 0 Å². The molecule has 1 aromatic carbocycles. The number of piperidine rings is 3. The summed E-state index contributed by atoms with van der Waals surface area (Å²) in [5.41, 5.74) is 0. The summed E-state index contributed by atoms with van der Waals surface area (Å²) in [6, 6.07) is 9.97. The zero-order valence-electron chi connectivity index (χ0n) is 15.5. The first-order valence-electron chi connectivity index (χ1n) is 8.85. The molecule has 2 atom stereocenters. The Labute approximate surface area is 158 Å². The van der Waals surface area contributed by atoms with Crippen LogP contribution in [-0.2, 0) is 19.0 Å². The smallest absolute Gasteiger partial charge is 0.369 e. The third-order valence-corrected chi connectivity index (χ3v) is 7.27. The van der Waals surface area contributed by atoms with E-state index in [1.165, 1.54) is 21.3 Å². The molecule has 1 N–H and O–H groups in total. The van der Waals surface area contributed by atoms with Crippen molar-refractivity contribution in [2.24, 2.45) is 5.92 Å². The van der Waals surface area contributed by atoms with Gasteiger partial charge < -0.3 is 24.2 Å². The zero-order chi connectivity index (χ0) is 18.8. The zero-order valence-corrected chi connectivity index (χ0v) is 16.3. The minimum atomic E-state index is -1.85. The fourth-order valence-corrected chi connectivity index (χ4v) is 5.94. The number of methoxy groups -OCH3 is 3. The quantitative estimate of drug-likeness (QED) is 0.570. The molecule has 3 fully saturated rings. The van der Waals surface area contributed by atoms with Crippen molar-refractivity contribution in [3.05, 3.63) is 30.3 Å². The van der Waals surface area contributed by atoms with Crippen LogP contribution in [0.25, 0.3) is 0 Å². The molecule has 0 saturated carbocycles. The van der Waals surface area contributed by atoms with E-state index in [4.69, 9.17) is 14.2 Å². The maximum Gasteiger partial charge on any atom is 0.369 e. The predicted molar refractivity (Wildman–Crippen MR) is 99.0 cm³/mol. The molecule has 0 spiro atoms. The Morgan fingerprint density at radius 2 is 1.85 bits per heavy atom. The number of carbonyl (C=O) groups is 1. The normalized spacial score (nSPS) is 29.4. The molecule has 2 bridgehead atoms. The van der Waals surface area contributed by atoms with Crippen molar-refractivity contribution in [1.82, 2.24) is 4.90 Å². The number of nitrogens with zero attached hydrogens (tertiary/aromatic N) is 1. The van der Waals surface area contributed by atoms with Crippen molar-refractivity contribution in [1.29, 1.82) is 0 Å². The van der Waals surface area contributed by atoms with Crippen LogP contribution in [-0.4, -0.2) is 73.6 Å². The summed E-state index contributed by atoms with van der Waals surface area (Å²) in [6.45, 7) is 2.70. The fraction of sp³-hybridized carbons (Fsp3) is 0.632. The summed E-state index contributed by atoms with van der Waals surface area (Å²) in [5, 5.41) is 11.5. The van der Waals surface area contributed by atoms with Crippen molar-refractivity contribution in [3.63, 3.8) is 0 Å². The molecule has 2 unspecified atom stereocenters. The number of rotatable bonds is 7. The average Bonchev–Trinajstić information content (AvgIpc) is 2.70. The molecule has 7 heteroatoms. The average molecular weight is 381 g/mol. The van der Waals surface area contributed by atoms with Gasteiger partial charge in [-0.1, -0.05) is 18.2 Å². The number of benzene rings is 1. The van der Waals surface area contributed by atoms with Crippen molar-refractivity contribution in [2.75, 3.05) is 41.0 Å². The minimum absolute atomic E-state index is 0.252. The molecule has 0 aliphatic carbocycles. The van der Waals surface area contributed by atoms with Gasteiger partial charge in [0.25, 0.3) is 5.79 Å². The highest BCUT2D eigenvalue weighted by Crippen LogP contribution is 2.52. The monoisotopic (exact) mass is 381 g/mol. The van der Waals surface area contributed by atoms with Crippen LogP contribution in [0.5, 0.6) is 0 Å². The number of ether oxygens (including phenoxy) is 3. The second-order valence-electron chi connectivity index (χ2n) is 6.89. The molecule has 0 radical (unpaired) electrons. The maximum absolute atomic E-state index is 12.5. The molecular weight excluding hydrogens is 354 g/mol. The lowest BCUT2D eigenvalue weighted by Crippen LogP contribution is -2.70. The SMILES string of the molecule is COC(=O)C(OC)(OC)C(O)C1(Sc2ccccc2)CN2CCC1CC2. The second kappa shape index (κ2) is 7.86. The first kappa shape index (κ1) is 19.6. The van der Waals surface area contributed by atoms with E-state index in [0.29, 0.717) is 6.54 Å². The third-order valence-electron chi connectivity index (χ3n) is 5.70. The largest absolute Gasteiger partial charge is 0.465 e. The second-order valence-corrected chi connectivity index (χ2v) is 8.33. The Hall–Kier alpha value is -1.12. The first-order valence-corrected chi connectivity index (χ1v) is 9.67. The number of aliphatic hydroxyl groups excluding tert-OH is 1. The highest BCUT2D eigenvalue weighted by molar-refractivity contribution is 8.00.